The standard InChI is InChI=1S/C12H20N2O3S/c1-7-5-11(13)10(4)12(9(7)3)18(16,17)14-8(2)6-15/h5,8,14-15H,6,13H2,1-4H3/t8-/m1/s1. The molecular weight excluding hydrogens is 252 g/mol. The van der Waals surface area contributed by atoms with Crippen molar-refractivity contribution in [3.63, 3.8) is 0 Å². The SMILES string of the molecule is Cc1cc(N)c(C)c(S(=O)(=O)N[C@H](C)CO)c1C. The summed E-state index contributed by atoms with van der Waals surface area (Å²) in [6.07, 6.45) is 0. The van der Waals surface area contributed by atoms with Crippen LogP contribution < -0.4 is 10.5 Å². The summed E-state index contributed by atoms with van der Waals surface area (Å²) in [5.41, 5.74) is 8.31. The number of hydrogen-bond acceptors (Lipinski definition) is 4. The molecule has 0 heterocycles. The molecule has 0 aliphatic rings. The van der Waals surface area contributed by atoms with E-state index >= 15 is 0 Å². The van der Waals surface area contributed by atoms with Gasteiger partial charge in [-0.1, -0.05) is 0 Å². The molecule has 0 saturated carbocycles. The fourth-order valence-corrected chi connectivity index (χ4v) is 3.61. The Kier molecular flexibility index (Phi) is 4.37. The number of aliphatic hydroxyl groups is 1. The Morgan fingerprint density at radius 3 is 2.39 bits per heavy atom. The van der Waals surface area contributed by atoms with Crippen LogP contribution in [0.4, 0.5) is 5.69 Å². The summed E-state index contributed by atoms with van der Waals surface area (Å²) in [5, 5.41) is 8.94. The zero-order valence-corrected chi connectivity index (χ0v) is 11.9. The van der Waals surface area contributed by atoms with Crippen LogP contribution in [0.25, 0.3) is 0 Å². The van der Waals surface area contributed by atoms with E-state index in [0.29, 0.717) is 16.8 Å². The highest BCUT2D eigenvalue weighted by molar-refractivity contribution is 7.89. The second-order valence-electron chi connectivity index (χ2n) is 4.57. The van der Waals surface area contributed by atoms with Gasteiger partial charge >= 0.3 is 0 Å². The number of aryl methyl sites for hydroxylation is 1. The van der Waals surface area contributed by atoms with E-state index in [-0.39, 0.29) is 11.5 Å². The molecule has 0 aliphatic carbocycles. The third kappa shape index (κ3) is 2.82. The number of nitrogens with one attached hydrogen (secondary N) is 1. The predicted molar refractivity (Wildman–Crippen MR) is 71.9 cm³/mol. The molecule has 1 rings (SSSR count). The lowest BCUT2D eigenvalue weighted by molar-refractivity contribution is 0.265. The average molecular weight is 272 g/mol. The number of benzene rings is 1. The molecule has 102 valence electrons. The molecule has 0 aliphatic heterocycles. The van der Waals surface area contributed by atoms with E-state index < -0.39 is 16.1 Å². The Morgan fingerprint density at radius 1 is 1.33 bits per heavy atom. The molecule has 5 nitrogen and oxygen atoms in total. The van der Waals surface area contributed by atoms with Crippen LogP contribution in [0.2, 0.25) is 0 Å². The van der Waals surface area contributed by atoms with Crippen molar-refractivity contribution in [2.75, 3.05) is 12.3 Å². The first kappa shape index (κ1) is 14.9. The van der Waals surface area contributed by atoms with Crippen molar-refractivity contribution in [1.82, 2.24) is 4.72 Å². The minimum absolute atomic E-state index is 0.209. The van der Waals surface area contributed by atoms with Crippen LogP contribution in [-0.2, 0) is 10.0 Å². The molecule has 0 fully saturated rings. The molecule has 18 heavy (non-hydrogen) atoms. The van der Waals surface area contributed by atoms with Crippen molar-refractivity contribution in [2.24, 2.45) is 0 Å². The summed E-state index contributed by atoms with van der Waals surface area (Å²) >= 11 is 0. The quantitative estimate of drug-likeness (QED) is 0.709. The average Bonchev–Trinajstić information content (AvgIpc) is 2.25. The van der Waals surface area contributed by atoms with Crippen LogP contribution in [0.1, 0.15) is 23.6 Å². The van der Waals surface area contributed by atoms with Gasteiger partial charge in [-0.2, -0.15) is 0 Å². The lowest BCUT2D eigenvalue weighted by atomic mass is 10.1. The zero-order chi connectivity index (χ0) is 14.1. The van der Waals surface area contributed by atoms with Gasteiger partial charge in [-0.3, -0.25) is 0 Å². The van der Waals surface area contributed by atoms with Crippen molar-refractivity contribution in [1.29, 1.82) is 0 Å². The van der Waals surface area contributed by atoms with Crippen LogP contribution in [0, 0.1) is 20.8 Å². The third-order valence-corrected chi connectivity index (χ3v) is 4.84. The monoisotopic (exact) mass is 272 g/mol. The van der Waals surface area contributed by atoms with Crippen molar-refractivity contribution in [3.05, 3.63) is 22.8 Å². The smallest absolute Gasteiger partial charge is 0.241 e. The van der Waals surface area contributed by atoms with E-state index in [0.717, 1.165) is 5.56 Å². The van der Waals surface area contributed by atoms with E-state index in [1.165, 1.54) is 0 Å². The molecule has 1 aromatic rings. The number of hydrogen-bond donors (Lipinski definition) is 3. The molecule has 1 atom stereocenters. The maximum absolute atomic E-state index is 12.3. The fourth-order valence-electron chi connectivity index (χ4n) is 1.81. The molecule has 0 aromatic heterocycles. The summed E-state index contributed by atoms with van der Waals surface area (Å²) in [4.78, 5) is 0.209. The number of anilines is 1. The minimum atomic E-state index is -3.67. The summed E-state index contributed by atoms with van der Waals surface area (Å²) < 4.78 is 27.0. The highest BCUT2D eigenvalue weighted by Gasteiger charge is 2.23. The Morgan fingerprint density at radius 2 is 1.89 bits per heavy atom. The molecule has 0 unspecified atom stereocenters. The molecule has 0 radical (unpaired) electrons. The summed E-state index contributed by atoms with van der Waals surface area (Å²) in [5.74, 6) is 0. The maximum atomic E-state index is 12.3. The van der Waals surface area contributed by atoms with Crippen molar-refractivity contribution >= 4 is 15.7 Å². The molecule has 4 N–H and O–H groups in total. The van der Waals surface area contributed by atoms with Crippen molar-refractivity contribution in [3.8, 4) is 0 Å². The lowest BCUT2D eigenvalue weighted by Crippen LogP contribution is -2.35. The molecule has 0 spiro atoms. The first-order valence-electron chi connectivity index (χ1n) is 5.70. The summed E-state index contributed by atoms with van der Waals surface area (Å²) in [6.45, 7) is 6.60. The summed E-state index contributed by atoms with van der Waals surface area (Å²) in [7, 11) is -3.67. The molecule has 0 bridgehead atoms. The van der Waals surface area contributed by atoms with Gasteiger partial charge in [0.1, 0.15) is 0 Å². The van der Waals surface area contributed by atoms with Gasteiger partial charge in [-0.15, -0.1) is 0 Å². The largest absolute Gasteiger partial charge is 0.398 e. The van der Waals surface area contributed by atoms with E-state index in [2.05, 4.69) is 4.72 Å². The van der Waals surface area contributed by atoms with E-state index in [9.17, 15) is 8.42 Å². The van der Waals surface area contributed by atoms with Crippen LogP contribution in [0.5, 0.6) is 0 Å². The second-order valence-corrected chi connectivity index (χ2v) is 6.22. The molecule has 6 heteroatoms. The molecule has 1 aromatic carbocycles. The van der Waals surface area contributed by atoms with Crippen LogP contribution >= 0.6 is 0 Å². The third-order valence-electron chi connectivity index (χ3n) is 2.98. The second kappa shape index (κ2) is 5.26. The highest BCUT2D eigenvalue weighted by atomic mass is 32.2. The molecular formula is C12H20N2O3S. The van der Waals surface area contributed by atoms with Crippen molar-refractivity contribution < 1.29 is 13.5 Å². The van der Waals surface area contributed by atoms with Gasteiger partial charge in [-0.05, 0) is 50.5 Å². The fraction of sp³-hybridized carbons (Fsp3) is 0.500. The number of nitrogens with two attached hydrogens (primary N) is 1. The molecule has 0 saturated heterocycles. The first-order valence-corrected chi connectivity index (χ1v) is 7.18. The maximum Gasteiger partial charge on any atom is 0.241 e. The minimum Gasteiger partial charge on any atom is -0.398 e. The topological polar surface area (TPSA) is 92.4 Å². The van der Waals surface area contributed by atoms with Gasteiger partial charge < -0.3 is 10.8 Å². The zero-order valence-electron chi connectivity index (χ0n) is 11.1. The van der Waals surface area contributed by atoms with Gasteiger partial charge in [0.15, 0.2) is 0 Å². The Labute approximate surface area is 108 Å². The Balaban J connectivity index is 3.41. The van der Waals surface area contributed by atoms with E-state index in [4.69, 9.17) is 10.8 Å². The van der Waals surface area contributed by atoms with E-state index in [1.807, 2.05) is 6.92 Å². The van der Waals surface area contributed by atoms with Gasteiger partial charge in [0.05, 0.1) is 11.5 Å². The number of nitrogen functional groups attached to an aromatic ring is 1. The first-order chi connectivity index (χ1) is 8.20. The Bertz CT molecular complexity index is 527. The van der Waals surface area contributed by atoms with Crippen molar-refractivity contribution in [2.45, 2.75) is 38.6 Å². The van der Waals surface area contributed by atoms with Gasteiger partial charge in [0, 0.05) is 11.7 Å². The van der Waals surface area contributed by atoms with E-state index in [1.54, 1.807) is 26.8 Å². The Hall–Kier alpha value is -1.11. The molecule has 0 amide bonds. The van der Waals surface area contributed by atoms with Crippen LogP contribution in [0.15, 0.2) is 11.0 Å². The number of sulfonamides is 1. The number of rotatable bonds is 4. The normalized spacial score (nSPS) is 13.6. The summed E-state index contributed by atoms with van der Waals surface area (Å²) in [6, 6.07) is 1.23. The highest BCUT2D eigenvalue weighted by Crippen LogP contribution is 2.27. The van der Waals surface area contributed by atoms with Crippen LogP contribution in [0.3, 0.4) is 0 Å². The van der Waals surface area contributed by atoms with Gasteiger partial charge in [-0.25, -0.2) is 13.1 Å². The van der Waals surface area contributed by atoms with Crippen LogP contribution in [-0.4, -0.2) is 26.2 Å². The lowest BCUT2D eigenvalue weighted by Gasteiger charge is -2.18. The predicted octanol–water partition coefficient (Wildman–Crippen LogP) is 0.853. The van der Waals surface area contributed by atoms with Gasteiger partial charge in [0.2, 0.25) is 10.0 Å². The number of aliphatic hydroxyl groups excluding tert-OH is 1. The van der Waals surface area contributed by atoms with Gasteiger partial charge in [0.25, 0.3) is 0 Å².